The van der Waals surface area contributed by atoms with Crippen molar-refractivity contribution in [2.45, 2.75) is 43.4 Å². The Kier molecular flexibility index (Phi) is 4.98. The molecule has 20 heavy (non-hydrogen) atoms. The lowest BCUT2D eigenvalue weighted by atomic mass is 9.80. The van der Waals surface area contributed by atoms with Gasteiger partial charge >= 0.3 is 5.97 Å². The van der Waals surface area contributed by atoms with Crippen LogP contribution in [-0.4, -0.2) is 49.2 Å². The van der Waals surface area contributed by atoms with Gasteiger partial charge in [-0.2, -0.15) is 0 Å². The van der Waals surface area contributed by atoms with Crippen LogP contribution in [0.5, 0.6) is 0 Å². The molecule has 1 fully saturated rings. The van der Waals surface area contributed by atoms with Crippen LogP contribution in [-0.2, 0) is 16.6 Å². The zero-order chi connectivity index (χ0) is 14.6. The van der Waals surface area contributed by atoms with Gasteiger partial charge < -0.3 is 9.84 Å². The molecule has 1 aromatic rings. The van der Waals surface area contributed by atoms with Gasteiger partial charge in [0.15, 0.2) is 0 Å². The number of carbonyl (C=O) groups is 1. The van der Waals surface area contributed by atoms with E-state index in [4.69, 9.17) is 4.74 Å². The number of nitrogens with zero attached hydrogens (tertiary/aromatic N) is 4. The molecular weight excluding hydrogens is 280 g/mol. The molecule has 1 N–H and O–H groups in total. The van der Waals surface area contributed by atoms with E-state index >= 15 is 0 Å². The number of hydrogen-bond acceptors (Lipinski definition) is 7. The minimum Gasteiger partial charge on any atom is -0.466 e. The van der Waals surface area contributed by atoms with Crippen LogP contribution in [0.3, 0.4) is 0 Å². The van der Waals surface area contributed by atoms with Crippen LogP contribution in [0.1, 0.15) is 32.6 Å². The first-order valence-electron chi connectivity index (χ1n) is 6.78. The second-order valence-electron chi connectivity index (χ2n) is 5.12. The fraction of sp³-hybridized carbons (Fsp3) is 0.833. The first-order chi connectivity index (χ1) is 9.54. The molecule has 1 aromatic heterocycles. The van der Waals surface area contributed by atoms with E-state index in [9.17, 15) is 9.90 Å². The summed E-state index contributed by atoms with van der Waals surface area (Å²) in [5.41, 5.74) is -0.750. The number of thioether (sulfide) groups is 1. The van der Waals surface area contributed by atoms with Crippen LogP contribution in [0, 0.1) is 5.92 Å². The van der Waals surface area contributed by atoms with Crippen LogP contribution in [0.2, 0.25) is 0 Å². The molecule has 1 aliphatic rings. The van der Waals surface area contributed by atoms with Gasteiger partial charge in [0.05, 0.1) is 18.1 Å². The standard InChI is InChI=1S/C12H20N4O3S/c1-3-19-10(17)9-4-6-12(18,7-5-9)8-20-11-13-14-15-16(11)2/h9,18H,3-8H2,1-2H3. The lowest BCUT2D eigenvalue weighted by Crippen LogP contribution is -2.38. The van der Waals surface area contributed by atoms with E-state index in [0.29, 0.717) is 43.2 Å². The van der Waals surface area contributed by atoms with Crippen molar-refractivity contribution in [3.63, 3.8) is 0 Å². The monoisotopic (exact) mass is 300 g/mol. The predicted octanol–water partition coefficient (Wildman–Crippen LogP) is 0.787. The summed E-state index contributed by atoms with van der Waals surface area (Å²) in [6, 6.07) is 0. The molecule has 0 spiro atoms. The average Bonchev–Trinajstić information content (AvgIpc) is 2.83. The van der Waals surface area contributed by atoms with E-state index < -0.39 is 5.60 Å². The second-order valence-corrected chi connectivity index (χ2v) is 6.07. The molecule has 0 saturated heterocycles. The van der Waals surface area contributed by atoms with Crippen molar-refractivity contribution >= 4 is 17.7 Å². The molecule has 7 nitrogen and oxygen atoms in total. The van der Waals surface area contributed by atoms with Crippen LogP contribution in [0.15, 0.2) is 5.16 Å². The van der Waals surface area contributed by atoms with E-state index in [0.717, 1.165) is 0 Å². The highest BCUT2D eigenvalue weighted by molar-refractivity contribution is 7.99. The molecule has 112 valence electrons. The summed E-state index contributed by atoms with van der Waals surface area (Å²) in [5, 5.41) is 22.4. The van der Waals surface area contributed by atoms with E-state index in [-0.39, 0.29) is 11.9 Å². The molecule has 0 unspecified atom stereocenters. The summed E-state index contributed by atoms with van der Waals surface area (Å²) in [5.74, 6) is 0.327. The summed E-state index contributed by atoms with van der Waals surface area (Å²) in [7, 11) is 1.77. The Morgan fingerprint density at radius 3 is 2.80 bits per heavy atom. The molecule has 1 aliphatic carbocycles. The second kappa shape index (κ2) is 6.53. The number of ether oxygens (including phenoxy) is 1. The van der Waals surface area contributed by atoms with Crippen molar-refractivity contribution in [1.29, 1.82) is 0 Å². The van der Waals surface area contributed by atoms with E-state index in [1.807, 2.05) is 6.92 Å². The molecule has 1 saturated carbocycles. The molecule has 1 heterocycles. The molecule has 0 aromatic carbocycles. The highest BCUT2D eigenvalue weighted by Gasteiger charge is 2.36. The minimum absolute atomic E-state index is 0.0725. The van der Waals surface area contributed by atoms with Gasteiger partial charge in [-0.25, -0.2) is 4.68 Å². The third-order valence-electron chi connectivity index (χ3n) is 3.59. The van der Waals surface area contributed by atoms with Crippen LogP contribution in [0.4, 0.5) is 0 Å². The van der Waals surface area contributed by atoms with Crippen LogP contribution >= 0.6 is 11.8 Å². The molecule has 8 heteroatoms. The number of carbonyl (C=O) groups excluding carboxylic acids is 1. The van der Waals surface area contributed by atoms with Gasteiger partial charge in [-0.1, -0.05) is 11.8 Å². The normalized spacial score (nSPS) is 26.4. The summed E-state index contributed by atoms with van der Waals surface area (Å²) >= 11 is 1.44. The van der Waals surface area contributed by atoms with Crippen molar-refractivity contribution < 1.29 is 14.6 Å². The fourth-order valence-electron chi connectivity index (χ4n) is 2.34. The lowest BCUT2D eigenvalue weighted by molar-refractivity contribution is -0.150. The summed E-state index contributed by atoms with van der Waals surface area (Å²) in [6.07, 6.45) is 2.56. The smallest absolute Gasteiger partial charge is 0.308 e. The number of rotatable bonds is 5. The van der Waals surface area contributed by atoms with Crippen LogP contribution < -0.4 is 0 Å². The maximum absolute atomic E-state index is 11.7. The van der Waals surface area contributed by atoms with Crippen molar-refractivity contribution in [3.05, 3.63) is 0 Å². The predicted molar refractivity (Wildman–Crippen MR) is 73.1 cm³/mol. The van der Waals surface area contributed by atoms with Gasteiger partial charge in [-0.3, -0.25) is 4.79 Å². The summed E-state index contributed by atoms with van der Waals surface area (Å²) < 4.78 is 6.61. The zero-order valence-corrected chi connectivity index (χ0v) is 12.6. The van der Waals surface area contributed by atoms with Crippen molar-refractivity contribution in [2.75, 3.05) is 12.4 Å². The average molecular weight is 300 g/mol. The van der Waals surface area contributed by atoms with Crippen molar-refractivity contribution in [1.82, 2.24) is 20.2 Å². The Morgan fingerprint density at radius 1 is 1.55 bits per heavy atom. The van der Waals surface area contributed by atoms with Gasteiger partial charge in [0.2, 0.25) is 5.16 Å². The van der Waals surface area contributed by atoms with Gasteiger partial charge in [0.25, 0.3) is 0 Å². The third kappa shape index (κ3) is 3.69. The van der Waals surface area contributed by atoms with Gasteiger partial charge in [-0.05, 0) is 43.0 Å². The first kappa shape index (κ1) is 15.2. The Hall–Kier alpha value is -1.15. The lowest BCUT2D eigenvalue weighted by Gasteiger charge is -2.34. The highest BCUT2D eigenvalue weighted by Crippen LogP contribution is 2.36. The quantitative estimate of drug-likeness (QED) is 0.635. The summed E-state index contributed by atoms with van der Waals surface area (Å²) in [6.45, 7) is 2.22. The summed E-state index contributed by atoms with van der Waals surface area (Å²) in [4.78, 5) is 11.7. The topological polar surface area (TPSA) is 90.1 Å². The molecule has 0 atom stereocenters. The van der Waals surface area contributed by atoms with Crippen molar-refractivity contribution in [3.8, 4) is 0 Å². The van der Waals surface area contributed by atoms with E-state index in [1.165, 1.54) is 11.8 Å². The number of tetrazole rings is 1. The molecular formula is C12H20N4O3S. The number of aromatic nitrogens is 4. The van der Waals surface area contributed by atoms with Gasteiger partial charge in [0, 0.05) is 12.8 Å². The Morgan fingerprint density at radius 2 is 2.25 bits per heavy atom. The highest BCUT2D eigenvalue weighted by atomic mass is 32.2. The number of hydrogen-bond donors (Lipinski definition) is 1. The minimum atomic E-state index is -0.750. The molecule has 0 amide bonds. The van der Waals surface area contributed by atoms with Crippen LogP contribution in [0.25, 0.3) is 0 Å². The van der Waals surface area contributed by atoms with E-state index in [2.05, 4.69) is 15.5 Å². The largest absolute Gasteiger partial charge is 0.466 e. The zero-order valence-electron chi connectivity index (χ0n) is 11.8. The first-order valence-corrected chi connectivity index (χ1v) is 7.77. The number of esters is 1. The van der Waals surface area contributed by atoms with Gasteiger partial charge in [0.1, 0.15) is 0 Å². The molecule has 0 aliphatic heterocycles. The van der Waals surface area contributed by atoms with Crippen molar-refractivity contribution in [2.24, 2.45) is 13.0 Å². The number of aryl methyl sites for hydroxylation is 1. The molecule has 0 bridgehead atoms. The maximum Gasteiger partial charge on any atom is 0.308 e. The maximum atomic E-state index is 11.7. The molecule has 0 radical (unpaired) electrons. The number of aliphatic hydroxyl groups is 1. The fourth-order valence-corrected chi connectivity index (χ4v) is 3.34. The SMILES string of the molecule is CCOC(=O)C1CCC(O)(CSc2nnnn2C)CC1. The molecule has 2 rings (SSSR count). The Labute approximate surface area is 122 Å². The Balaban J connectivity index is 1.82. The Bertz CT molecular complexity index is 457. The van der Waals surface area contributed by atoms with Gasteiger partial charge in [-0.15, -0.1) is 5.10 Å². The third-order valence-corrected chi connectivity index (χ3v) is 4.87. The van der Waals surface area contributed by atoms with E-state index in [1.54, 1.807) is 11.7 Å².